The van der Waals surface area contributed by atoms with Gasteiger partial charge in [-0.25, -0.2) is 8.42 Å². The highest BCUT2D eigenvalue weighted by Crippen LogP contribution is 2.28. The Morgan fingerprint density at radius 3 is 2.95 bits per heavy atom. The number of carboxylic acid groups (broad SMARTS) is 1. The smallest absolute Gasteiger partial charge is 0.303 e. The largest absolute Gasteiger partial charge is 0.481 e. The fourth-order valence-corrected chi connectivity index (χ4v) is 5.05. The van der Waals surface area contributed by atoms with Crippen molar-refractivity contribution in [3.63, 3.8) is 0 Å². The summed E-state index contributed by atoms with van der Waals surface area (Å²) in [6.45, 7) is 0.970. The van der Waals surface area contributed by atoms with E-state index < -0.39 is 16.0 Å². The van der Waals surface area contributed by atoms with Crippen LogP contribution < -0.4 is 0 Å². The molecule has 1 aromatic rings. The molecule has 0 saturated carbocycles. The molecule has 0 radical (unpaired) electrons. The van der Waals surface area contributed by atoms with Gasteiger partial charge >= 0.3 is 5.97 Å². The number of piperidine rings is 1. The molecule has 0 aromatic carbocycles. The molecule has 0 amide bonds. The van der Waals surface area contributed by atoms with E-state index in [1.165, 1.54) is 15.6 Å². The van der Waals surface area contributed by atoms with E-state index in [9.17, 15) is 13.2 Å². The predicted molar refractivity (Wildman–Crippen MR) is 72.7 cm³/mol. The van der Waals surface area contributed by atoms with E-state index >= 15 is 0 Å². The lowest BCUT2D eigenvalue weighted by molar-refractivity contribution is -0.137. The van der Waals surface area contributed by atoms with Crippen LogP contribution in [0.1, 0.15) is 25.7 Å². The quantitative estimate of drug-likeness (QED) is 0.903. The van der Waals surface area contributed by atoms with Gasteiger partial charge in [0.2, 0.25) is 0 Å². The number of sulfonamides is 1. The normalized spacial score (nSPS) is 21.4. The molecule has 1 aromatic heterocycles. The summed E-state index contributed by atoms with van der Waals surface area (Å²) in [5.74, 6) is -0.669. The lowest BCUT2D eigenvalue weighted by Crippen LogP contribution is -2.39. The molecular weight excluding hydrogens is 286 g/mol. The van der Waals surface area contributed by atoms with E-state index in [2.05, 4.69) is 0 Å². The lowest BCUT2D eigenvalue weighted by Gasteiger charge is -2.31. The van der Waals surface area contributed by atoms with Crippen LogP contribution in [0, 0.1) is 5.92 Å². The first kappa shape index (κ1) is 14.5. The molecule has 5 nitrogen and oxygen atoms in total. The van der Waals surface area contributed by atoms with E-state index in [1.807, 2.05) is 0 Å². The second-order valence-corrected chi connectivity index (χ2v) is 7.85. The van der Waals surface area contributed by atoms with Crippen molar-refractivity contribution >= 4 is 27.3 Å². The number of aliphatic carboxylic acids is 1. The van der Waals surface area contributed by atoms with Crippen LogP contribution >= 0.6 is 11.3 Å². The number of thiophene rings is 1. The highest BCUT2D eigenvalue weighted by molar-refractivity contribution is 7.91. The van der Waals surface area contributed by atoms with E-state index in [-0.39, 0.29) is 12.3 Å². The monoisotopic (exact) mass is 303 g/mol. The van der Waals surface area contributed by atoms with Gasteiger partial charge in [0.25, 0.3) is 10.0 Å². The predicted octanol–water partition coefficient (Wildman–Crippen LogP) is 2.01. The molecular formula is C12H17NO4S2. The summed E-state index contributed by atoms with van der Waals surface area (Å²) in [5.41, 5.74) is 0. The second kappa shape index (κ2) is 6.02. The maximum absolute atomic E-state index is 12.4. The summed E-state index contributed by atoms with van der Waals surface area (Å²) in [7, 11) is -3.39. The molecule has 7 heteroatoms. The maximum atomic E-state index is 12.4. The van der Waals surface area contributed by atoms with Crippen LogP contribution in [0.3, 0.4) is 0 Å². The Balaban J connectivity index is 2.03. The van der Waals surface area contributed by atoms with Gasteiger partial charge < -0.3 is 5.11 Å². The average molecular weight is 303 g/mol. The van der Waals surface area contributed by atoms with Crippen LogP contribution in [0.25, 0.3) is 0 Å². The van der Waals surface area contributed by atoms with Crippen molar-refractivity contribution in [2.75, 3.05) is 13.1 Å². The van der Waals surface area contributed by atoms with Crippen molar-refractivity contribution in [1.29, 1.82) is 0 Å². The van der Waals surface area contributed by atoms with Gasteiger partial charge in [-0.3, -0.25) is 4.79 Å². The van der Waals surface area contributed by atoms with Crippen LogP contribution in [0.15, 0.2) is 21.7 Å². The summed E-state index contributed by atoms with van der Waals surface area (Å²) in [4.78, 5) is 10.6. The minimum absolute atomic E-state index is 0.109. The summed E-state index contributed by atoms with van der Waals surface area (Å²) >= 11 is 1.22. The van der Waals surface area contributed by atoms with Crippen molar-refractivity contribution in [2.24, 2.45) is 5.92 Å². The molecule has 0 aliphatic carbocycles. The zero-order valence-corrected chi connectivity index (χ0v) is 12.1. The second-order valence-electron chi connectivity index (χ2n) is 4.74. The van der Waals surface area contributed by atoms with Crippen molar-refractivity contribution in [2.45, 2.75) is 29.9 Å². The Labute approximate surface area is 116 Å². The molecule has 1 aliphatic rings. The first-order valence-electron chi connectivity index (χ1n) is 6.25. The molecule has 1 N–H and O–H groups in total. The molecule has 106 valence electrons. The van der Waals surface area contributed by atoms with Gasteiger partial charge in [-0.2, -0.15) is 4.31 Å². The van der Waals surface area contributed by atoms with Gasteiger partial charge in [-0.05, 0) is 36.6 Å². The SMILES string of the molecule is O=C(O)CCC1CCCN(S(=O)(=O)c2cccs2)C1. The van der Waals surface area contributed by atoms with Crippen LogP contribution in [-0.4, -0.2) is 36.9 Å². The standard InChI is InChI=1S/C12H17NO4S2/c14-11(15)6-5-10-3-1-7-13(9-10)19(16,17)12-4-2-8-18-12/h2,4,8,10H,1,3,5-7,9H2,(H,14,15). The molecule has 19 heavy (non-hydrogen) atoms. The number of carbonyl (C=O) groups is 1. The summed E-state index contributed by atoms with van der Waals surface area (Å²) in [6.07, 6.45) is 2.36. The van der Waals surface area contributed by atoms with Crippen LogP contribution in [-0.2, 0) is 14.8 Å². The first-order valence-corrected chi connectivity index (χ1v) is 8.57. The minimum Gasteiger partial charge on any atom is -0.481 e. The van der Waals surface area contributed by atoms with Crippen LogP contribution in [0.4, 0.5) is 0 Å². The number of hydrogen-bond acceptors (Lipinski definition) is 4. The van der Waals surface area contributed by atoms with Crippen molar-refractivity contribution < 1.29 is 18.3 Å². The van der Waals surface area contributed by atoms with Gasteiger partial charge in [0.15, 0.2) is 0 Å². The molecule has 0 bridgehead atoms. The molecule has 1 aliphatic heterocycles. The fraction of sp³-hybridized carbons (Fsp3) is 0.583. The van der Waals surface area contributed by atoms with Crippen LogP contribution in [0.5, 0.6) is 0 Å². The summed E-state index contributed by atoms with van der Waals surface area (Å²) in [6, 6.07) is 3.34. The number of nitrogens with zero attached hydrogens (tertiary/aromatic N) is 1. The zero-order chi connectivity index (χ0) is 13.9. The maximum Gasteiger partial charge on any atom is 0.303 e. The van der Waals surface area contributed by atoms with E-state index in [4.69, 9.17) is 5.11 Å². The van der Waals surface area contributed by atoms with E-state index in [1.54, 1.807) is 17.5 Å². The van der Waals surface area contributed by atoms with Gasteiger partial charge in [-0.15, -0.1) is 11.3 Å². The lowest BCUT2D eigenvalue weighted by atomic mass is 9.95. The van der Waals surface area contributed by atoms with E-state index in [0.29, 0.717) is 23.7 Å². The summed E-state index contributed by atoms with van der Waals surface area (Å²) in [5, 5.41) is 10.4. The minimum atomic E-state index is -3.39. The fourth-order valence-electron chi connectivity index (χ4n) is 2.35. The molecule has 2 heterocycles. The Hall–Kier alpha value is -0.920. The zero-order valence-electron chi connectivity index (χ0n) is 10.5. The third-order valence-electron chi connectivity index (χ3n) is 3.34. The number of rotatable bonds is 5. The Morgan fingerprint density at radius 2 is 2.32 bits per heavy atom. The van der Waals surface area contributed by atoms with E-state index in [0.717, 1.165) is 12.8 Å². The average Bonchev–Trinajstić information content (AvgIpc) is 2.91. The first-order chi connectivity index (χ1) is 9.00. The highest BCUT2D eigenvalue weighted by Gasteiger charge is 2.30. The van der Waals surface area contributed by atoms with Gasteiger partial charge in [0.1, 0.15) is 4.21 Å². The van der Waals surface area contributed by atoms with Gasteiger partial charge in [0.05, 0.1) is 0 Å². The Kier molecular flexibility index (Phi) is 4.59. The van der Waals surface area contributed by atoms with Crippen molar-refractivity contribution in [3.05, 3.63) is 17.5 Å². The number of hydrogen-bond donors (Lipinski definition) is 1. The third-order valence-corrected chi connectivity index (χ3v) is 6.58. The molecule has 1 atom stereocenters. The molecule has 2 rings (SSSR count). The Bertz CT molecular complexity index is 524. The van der Waals surface area contributed by atoms with Crippen molar-refractivity contribution in [3.8, 4) is 0 Å². The molecule has 0 spiro atoms. The number of carboxylic acids is 1. The third kappa shape index (κ3) is 3.55. The molecule has 1 fully saturated rings. The summed E-state index contributed by atoms with van der Waals surface area (Å²) < 4.78 is 26.6. The molecule has 1 saturated heterocycles. The van der Waals surface area contributed by atoms with Gasteiger partial charge in [0, 0.05) is 19.5 Å². The topological polar surface area (TPSA) is 74.7 Å². The van der Waals surface area contributed by atoms with Crippen molar-refractivity contribution in [1.82, 2.24) is 4.31 Å². The molecule has 1 unspecified atom stereocenters. The highest BCUT2D eigenvalue weighted by atomic mass is 32.2. The Morgan fingerprint density at radius 1 is 1.53 bits per heavy atom. The van der Waals surface area contributed by atoms with Crippen LogP contribution in [0.2, 0.25) is 0 Å². The van der Waals surface area contributed by atoms with Gasteiger partial charge in [-0.1, -0.05) is 6.07 Å².